The van der Waals surface area contributed by atoms with Crippen LogP contribution in [0, 0.1) is 0 Å². The van der Waals surface area contributed by atoms with Gasteiger partial charge in [0, 0.05) is 17.8 Å². The summed E-state index contributed by atoms with van der Waals surface area (Å²) in [5.41, 5.74) is 1.30. The van der Waals surface area contributed by atoms with Crippen LogP contribution in [0.5, 0.6) is 11.5 Å². The lowest BCUT2D eigenvalue weighted by Crippen LogP contribution is -2.08. The van der Waals surface area contributed by atoms with E-state index in [-0.39, 0.29) is 0 Å². The quantitative estimate of drug-likeness (QED) is 0.528. The molecule has 6 nitrogen and oxygen atoms in total. The van der Waals surface area contributed by atoms with Crippen molar-refractivity contribution in [2.75, 3.05) is 7.11 Å². The van der Waals surface area contributed by atoms with Gasteiger partial charge in [0.15, 0.2) is 5.75 Å². The molecule has 0 aliphatic carbocycles. The summed E-state index contributed by atoms with van der Waals surface area (Å²) in [6.07, 6.45) is 5.06. The zero-order chi connectivity index (χ0) is 17.9. The van der Waals surface area contributed by atoms with Gasteiger partial charge in [-0.15, -0.1) is 0 Å². The summed E-state index contributed by atoms with van der Waals surface area (Å²) in [5.74, 6) is 1.20. The van der Waals surface area contributed by atoms with Gasteiger partial charge in [0.2, 0.25) is 5.95 Å². The molecule has 2 aromatic heterocycles. The Morgan fingerprint density at radius 1 is 0.962 bits per heavy atom. The summed E-state index contributed by atoms with van der Waals surface area (Å²) in [5, 5.41) is 0.807. The molecule has 0 saturated heterocycles. The molecule has 0 atom stereocenters. The van der Waals surface area contributed by atoms with Crippen molar-refractivity contribution in [1.29, 1.82) is 0 Å². The Morgan fingerprint density at radius 2 is 1.69 bits per heavy atom. The first kappa shape index (κ1) is 15.8. The summed E-state index contributed by atoms with van der Waals surface area (Å²) < 4.78 is 12.5. The van der Waals surface area contributed by atoms with Crippen LogP contribution < -0.4 is 9.47 Å². The number of aromatic nitrogens is 3. The van der Waals surface area contributed by atoms with Crippen molar-refractivity contribution < 1.29 is 14.3 Å². The van der Waals surface area contributed by atoms with Crippen molar-refractivity contribution in [3.05, 3.63) is 78.8 Å². The van der Waals surface area contributed by atoms with Crippen LogP contribution in [-0.4, -0.2) is 27.6 Å². The van der Waals surface area contributed by atoms with E-state index in [1.807, 2.05) is 24.3 Å². The molecular weight excluding hydrogens is 330 g/mol. The highest BCUT2D eigenvalue weighted by Gasteiger charge is 2.16. The maximum Gasteiger partial charge on any atom is 0.343 e. The molecule has 0 radical (unpaired) electrons. The van der Waals surface area contributed by atoms with Crippen LogP contribution in [0.3, 0.4) is 0 Å². The monoisotopic (exact) mass is 345 g/mol. The van der Waals surface area contributed by atoms with Gasteiger partial charge in [-0.05, 0) is 42.5 Å². The number of carbonyl (C=O) groups excluding carboxylic acids is 1. The van der Waals surface area contributed by atoms with Gasteiger partial charge < -0.3 is 9.47 Å². The summed E-state index contributed by atoms with van der Waals surface area (Å²) >= 11 is 0. The molecule has 0 spiro atoms. The van der Waals surface area contributed by atoms with E-state index < -0.39 is 5.97 Å². The number of hydrogen-bond donors (Lipinski definition) is 0. The van der Waals surface area contributed by atoms with Crippen LogP contribution >= 0.6 is 0 Å². The fraction of sp³-hybridized carbons (Fsp3) is 0.0500. The van der Waals surface area contributed by atoms with Crippen molar-refractivity contribution in [1.82, 2.24) is 14.5 Å². The number of fused-ring (bicyclic) bond motifs is 1. The Kier molecular flexibility index (Phi) is 4.07. The van der Waals surface area contributed by atoms with Gasteiger partial charge in [0.1, 0.15) is 5.75 Å². The van der Waals surface area contributed by atoms with Crippen LogP contribution in [0.4, 0.5) is 0 Å². The van der Waals surface area contributed by atoms with Gasteiger partial charge in [0.05, 0.1) is 24.4 Å². The molecule has 4 aromatic rings. The van der Waals surface area contributed by atoms with Crippen molar-refractivity contribution in [3.8, 4) is 17.4 Å². The molecule has 6 heteroatoms. The third-order valence-electron chi connectivity index (χ3n) is 3.97. The number of rotatable bonds is 4. The number of hydrogen-bond acceptors (Lipinski definition) is 5. The highest BCUT2D eigenvalue weighted by atomic mass is 16.5. The van der Waals surface area contributed by atoms with Gasteiger partial charge in [-0.25, -0.2) is 14.8 Å². The molecular formula is C20H15N3O3. The normalized spacial score (nSPS) is 10.7. The molecule has 0 aliphatic rings. The van der Waals surface area contributed by atoms with Crippen LogP contribution in [0.25, 0.3) is 16.9 Å². The molecule has 128 valence electrons. The predicted molar refractivity (Wildman–Crippen MR) is 96.8 cm³/mol. The third kappa shape index (κ3) is 2.88. The highest BCUT2D eigenvalue weighted by molar-refractivity contribution is 5.95. The summed E-state index contributed by atoms with van der Waals surface area (Å²) in [4.78, 5) is 21.0. The molecule has 0 bridgehead atoms. The molecule has 0 aliphatic heterocycles. The standard InChI is InChI=1S/C20H15N3O3/c1-25-15-9-7-14(8-10-15)19(24)26-18-13-23(20-21-11-4-12-22-20)17-6-3-2-5-16(17)18/h2-13H,1H3. The number of ether oxygens (including phenoxy) is 2. The van der Waals surface area contributed by atoms with Gasteiger partial charge in [0.25, 0.3) is 0 Å². The minimum absolute atomic E-state index is 0.440. The Bertz CT molecular complexity index is 1060. The topological polar surface area (TPSA) is 66.2 Å². The molecule has 0 unspecified atom stereocenters. The number of esters is 1. The molecule has 26 heavy (non-hydrogen) atoms. The summed E-state index contributed by atoms with van der Waals surface area (Å²) in [6, 6.07) is 16.2. The lowest BCUT2D eigenvalue weighted by atomic mass is 10.2. The van der Waals surface area contributed by atoms with E-state index >= 15 is 0 Å². The second-order valence-corrected chi connectivity index (χ2v) is 5.55. The first-order valence-corrected chi connectivity index (χ1v) is 8.00. The molecule has 0 fully saturated rings. The molecule has 4 rings (SSSR count). The number of nitrogens with zero attached hydrogens (tertiary/aromatic N) is 3. The maximum absolute atomic E-state index is 12.5. The minimum atomic E-state index is -0.440. The zero-order valence-electron chi connectivity index (χ0n) is 14.0. The Hall–Kier alpha value is -3.67. The lowest BCUT2D eigenvalue weighted by Gasteiger charge is -2.04. The Labute approximate surface area is 149 Å². The van der Waals surface area contributed by atoms with Gasteiger partial charge in [-0.2, -0.15) is 0 Å². The summed E-state index contributed by atoms with van der Waals surface area (Å²) in [7, 11) is 1.58. The average Bonchev–Trinajstić information content (AvgIpc) is 3.07. The number of benzene rings is 2. The number of carbonyl (C=O) groups is 1. The van der Waals surface area contributed by atoms with Crippen molar-refractivity contribution in [3.63, 3.8) is 0 Å². The predicted octanol–water partition coefficient (Wildman–Crippen LogP) is 3.65. The second kappa shape index (κ2) is 6.68. The number of para-hydroxylation sites is 1. The fourth-order valence-electron chi connectivity index (χ4n) is 2.70. The SMILES string of the molecule is COc1ccc(C(=O)Oc2cn(-c3ncccn3)c3ccccc23)cc1. The fourth-order valence-corrected chi connectivity index (χ4v) is 2.70. The van der Waals surface area contributed by atoms with Gasteiger partial charge in [-0.1, -0.05) is 12.1 Å². The highest BCUT2D eigenvalue weighted by Crippen LogP contribution is 2.30. The third-order valence-corrected chi connectivity index (χ3v) is 3.97. The van der Waals surface area contributed by atoms with Gasteiger partial charge >= 0.3 is 5.97 Å². The van der Waals surface area contributed by atoms with Crippen LogP contribution in [0.1, 0.15) is 10.4 Å². The van der Waals surface area contributed by atoms with E-state index in [2.05, 4.69) is 9.97 Å². The molecule has 2 heterocycles. The molecule has 0 N–H and O–H groups in total. The average molecular weight is 345 g/mol. The van der Waals surface area contributed by atoms with E-state index in [0.717, 1.165) is 10.9 Å². The van der Waals surface area contributed by atoms with E-state index in [9.17, 15) is 4.79 Å². The van der Waals surface area contributed by atoms with E-state index in [1.165, 1.54) is 0 Å². The first-order valence-electron chi connectivity index (χ1n) is 8.00. The molecule has 0 saturated carbocycles. The van der Waals surface area contributed by atoms with Crippen molar-refractivity contribution in [2.45, 2.75) is 0 Å². The molecule has 2 aromatic carbocycles. The second-order valence-electron chi connectivity index (χ2n) is 5.55. The lowest BCUT2D eigenvalue weighted by molar-refractivity contribution is 0.0737. The maximum atomic E-state index is 12.5. The Morgan fingerprint density at radius 3 is 2.42 bits per heavy atom. The largest absolute Gasteiger partial charge is 0.497 e. The smallest absolute Gasteiger partial charge is 0.343 e. The van der Waals surface area contributed by atoms with E-state index in [1.54, 1.807) is 60.6 Å². The zero-order valence-corrected chi connectivity index (χ0v) is 14.0. The summed E-state index contributed by atoms with van der Waals surface area (Å²) in [6.45, 7) is 0. The van der Waals surface area contributed by atoms with E-state index in [4.69, 9.17) is 9.47 Å². The van der Waals surface area contributed by atoms with Crippen LogP contribution in [-0.2, 0) is 0 Å². The van der Waals surface area contributed by atoms with Crippen molar-refractivity contribution in [2.24, 2.45) is 0 Å². The molecule has 0 amide bonds. The minimum Gasteiger partial charge on any atom is -0.497 e. The van der Waals surface area contributed by atoms with Crippen molar-refractivity contribution >= 4 is 16.9 Å². The van der Waals surface area contributed by atoms with E-state index in [0.29, 0.717) is 23.0 Å². The Balaban J connectivity index is 1.71. The van der Waals surface area contributed by atoms with Crippen LogP contribution in [0.15, 0.2) is 73.2 Å². The van der Waals surface area contributed by atoms with Gasteiger partial charge in [-0.3, -0.25) is 4.57 Å². The number of methoxy groups -OCH3 is 1. The first-order chi connectivity index (χ1) is 12.8. The van der Waals surface area contributed by atoms with Crippen LogP contribution in [0.2, 0.25) is 0 Å².